The maximum absolute atomic E-state index is 13.6. The van der Waals surface area contributed by atoms with Crippen molar-refractivity contribution in [3.05, 3.63) is 124 Å². The van der Waals surface area contributed by atoms with Crippen molar-refractivity contribution < 1.29 is 47.6 Å². The van der Waals surface area contributed by atoms with Gasteiger partial charge in [-0.1, -0.05) is 11.3 Å². The molecule has 1 spiro atoms. The van der Waals surface area contributed by atoms with Crippen molar-refractivity contribution in [3.8, 4) is 17.2 Å². The van der Waals surface area contributed by atoms with E-state index in [0.29, 0.717) is 95.9 Å². The third-order valence-electron chi connectivity index (χ3n) is 10.0. The first kappa shape index (κ1) is 41.7. The molecule has 0 fully saturated rings. The number of nitrogens with zero attached hydrogens (tertiary/aromatic N) is 5. The summed E-state index contributed by atoms with van der Waals surface area (Å²) >= 11 is 0. The Labute approximate surface area is 346 Å². The van der Waals surface area contributed by atoms with Crippen molar-refractivity contribution in [3.63, 3.8) is 0 Å². The molecule has 3 heterocycles. The zero-order valence-electron chi connectivity index (χ0n) is 33.8. The van der Waals surface area contributed by atoms with Crippen molar-refractivity contribution in [2.45, 2.75) is 12.2 Å². The number of Topliss-reactive ketones (excluding diaryl/α,β-unsaturated/α-hetero) is 1. The molecule has 1 N–H and O–H groups in total. The summed E-state index contributed by atoms with van der Waals surface area (Å²) in [5.41, 5.74) is 4.96. The van der Waals surface area contributed by atoms with Crippen LogP contribution in [0.1, 0.15) is 53.5 Å². The van der Waals surface area contributed by atoms with Gasteiger partial charge in [0.15, 0.2) is 11.9 Å². The molecule has 60 heavy (non-hydrogen) atoms. The molecule has 7 rings (SSSR count). The van der Waals surface area contributed by atoms with Crippen LogP contribution in [0, 0.1) is 0 Å². The van der Waals surface area contributed by atoms with E-state index in [0.717, 1.165) is 11.4 Å². The lowest BCUT2D eigenvalue weighted by Crippen LogP contribution is -2.33. The second kappa shape index (κ2) is 18.6. The number of aldehydes is 1. The Balaban J connectivity index is 0.809. The molecule has 16 nitrogen and oxygen atoms in total. The molecule has 0 aliphatic carbocycles. The number of hydrogen-bond acceptors (Lipinski definition) is 14. The van der Waals surface area contributed by atoms with Crippen LogP contribution < -0.4 is 19.9 Å². The van der Waals surface area contributed by atoms with E-state index in [1.807, 2.05) is 74.4 Å². The van der Waals surface area contributed by atoms with Crippen LogP contribution in [0.25, 0.3) is 5.69 Å². The second-order valence-corrected chi connectivity index (χ2v) is 14.4. The first-order chi connectivity index (χ1) is 29.1. The van der Waals surface area contributed by atoms with E-state index in [1.165, 1.54) is 0 Å². The van der Waals surface area contributed by atoms with Crippen LogP contribution in [0.3, 0.4) is 0 Å². The van der Waals surface area contributed by atoms with Crippen LogP contribution in [-0.4, -0.2) is 120 Å². The molecule has 0 atom stereocenters. The number of carbonyl (C=O) groups excluding carboxylic acids is 4. The normalized spacial score (nSPS) is 13.2. The number of nitrogens with one attached hydrogen (secondary N) is 1. The van der Waals surface area contributed by atoms with Gasteiger partial charge in [-0.05, 0) is 60.7 Å². The van der Waals surface area contributed by atoms with E-state index < -0.39 is 17.4 Å². The Morgan fingerprint density at radius 2 is 1.30 bits per heavy atom. The number of hydrogen-bond donors (Lipinski definition) is 1. The monoisotopic (exact) mass is 818 g/mol. The summed E-state index contributed by atoms with van der Waals surface area (Å²) < 4.78 is 36.7. The van der Waals surface area contributed by atoms with Crippen molar-refractivity contribution in [2.75, 3.05) is 90.8 Å². The summed E-state index contributed by atoms with van der Waals surface area (Å²) in [6.07, 6.45) is 2.00. The summed E-state index contributed by atoms with van der Waals surface area (Å²) in [6, 6.07) is 23.2. The molecule has 0 radical (unpaired) electrons. The maximum atomic E-state index is 13.6. The highest BCUT2D eigenvalue weighted by Crippen LogP contribution is 2.57. The largest absolute Gasteiger partial charge is 0.456 e. The van der Waals surface area contributed by atoms with E-state index in [2.05, 4.69) is 15.6 Å². The van der Waals surface area contributed by atoms with Gasteiger partial charge in [0.05, 0.1) is 70.3 Å². The van der Waals surface area contributed by atoms with Crippen molar-refractivity contribution >= 4 is 35.3 Å². The first-order valence-electron chi connectivity index (χ1n) is 19.4. The molecule has 1 amide bonds. The minimum absolute atomic E-state index is 0.250. The highest BCUT2D eigenvalue weighted by Gasteiger charge is 2.53. The molecule has 0 bridgehead atoms. The molecule has 0 saturated carbocycles. The molecule has 0 unspecified atom stereocenters. The van der Waals surface area contributed by atoms with Crippen molar-refractivity contribution in [2.24, 2.45) is 0 Å². The number of rotatable bonds is 20. The average molecular weight is 819 g/mol. The fraction of sp³-hybridized carbons (Fsp3) is 0.318. The first-order valence-corrected chi connectivity index (χ1v) is 19.4. The molecule has 16 heteroatoms. The maximum Gasteiger partial charge on any atom is 0.340 e. The van der Waals surface area contributed by atoms with Crippen LogP contribution in [-0.2, 0) is 40.7 Å². The number of carbonyl (C=O) groups is 4. The molecule has 5 aromatic rings. The fourth-order valence-electron chi connectivity index (χ4n) is 6.92. The van der Waals surface area contributed by atoms with Gasteiger partial charge in [0.25, 0.3) is 5.91 Å². The Hall–Kier alpha value is -6.46. The van der Waals surface area contributed by atoms with E-state index in [1.54, 1.807) is 53.3 Å². The second-order valence-electron chi connectivity index (χ2n) is 14.4. The van der Waals surface area contributed by atoms with Gasteiger partial charge in [0, 0.05) is 86.1 Å². The number of anilines is 2. The summed E-state index contributed by atoms with van der Waals surface area (Å²) in [7, 11) is 7.80. The predicted molar refractivity (Wildman–Crippen MR) is 220 cm³/mol. The quantitative estimate of drug-likeness (QED) is 0.0386. The Bertz CT molecular complexity index is 2300. The Morgan fingerprint density at radius 3 is 1.90 bits per heavy atom. The summed E-state index contributed by atoms with van der Waals surface area (Å²) in [4.78, 5) is 52.9. The predicted octanol–water partition coefficient (Wildman–Crippen LogP) is 4.35. The summed E-state index contributed by atoms with van der Waals surface area (Å²) in [5, 5.41) is 11.0. The number of fused-ring (bicyclic) bond motifs is 6. The minimum atomic E-state index is -1.25. The number of ketones is 1. The smallest absolute Gasteiger partial charge is 0.340 e. The van der Waals surface area contributed by atoms with Gasteiger partial charge in [-0.25, -0.2) is 9.48 Å². The van der Waals surface area contributed by atoms with Gasteiger partial charge in [0.2, 0.25) is 5.78 Å². The number of esters is 1. The summed E-state index contributed by atoms with van der Waals surface area (Å²) in [5.74, 6) is -0.268. The lowest BCUT2D eigenvalue weighted by Gasteiger charge is -2.37. The molecule has 1 aromatic heterocycles. The van der Waals surface area contributed by atoms with E-state index >= 15 is 0 Å². The van der Waals surface area contributed by atoms with Crippen LogP contribution in [0.5, 0.6) is 11.5 Å². The highest BCUT2D eigenvalue weighted by atomic mass is 16.6. The van der Waals surface area contributed by atoms with Gasteiger partial charge >= 0.3 is 5.97 Å². The minimum Gasteiger partial charge on any atom is -0.456 e. The van der Waals surface area contributed by atoms with Crippen molar-refractivity contribution in [1.82, 2.24) is 20.3 Å². The van der Waals surface area contributed by atoms with E-state index in [-0.39, 0.29) is 32.0 Å². The fourth-order valence-corrected chi connectivity index (χ4v) is 6.92. The van der Waals surface area contributed by atoms with E-state index in [4.69, 9.17) is 28.4 Å². The lowest BCUT2D eigenvalue weighted by atomic mass is 9.77. The van der Waals surface area contributed by atoms with Gasteiger partial charge in [-0.3, -0.25) is 14.4 Å². The third kappa shape index (κ3) is 8.91. The number of benzene rings is 4. The number of amides is 1. The molecule has 4 aromatic carbocycles. The molecular formula is C44H46N6O10. The lowest BCUT2D eigenvalue weighted by molar-refractivity contribution is -0.104. The average Bonchev–Trinajstić information content (AvgIpc) is 3.85. The van der Waals surface area contributed by atoms with Gasteiger partial charge < -0.3 is 43.5 Å². The van der Waals surface area contributed by atoms with Gasteiger partial charge in [0.1, 0.15) is 17.2 Å². The molecular weight excluding hydrogens is 773 g/mol. The molecule has 2 aliphatic rings. The molecule has 0 saturated heterocycles. The van der Waals surface area contributed by atoms with Crippen LogP contribution in [0.4, 0.5) is 11.4 Å². The standard InChI is InChI=1S/C44H46N6O10/c1-48(2)33-10-13-37-40(24-33)59-41-25-34(49(3)4)11-14-38(41)44(37)36-12-7-30(23-35(36)43(54)60-44)42(53)45-15-16-55-17-18-56-19-20-57-21-22-58-28-31-26-50(47-46-31)32-8-5-29(6-9-32)39(52)27-51/h5-14,23-27H,15-22,28H2,1-4H3,(H,45,53). The third-order valence-corrected chi connectivity index (χ3v) is 10.0. The summed E-state index contributed by atoms with van der Waals surface area (Å²) in [6.45, 7) is 2.99. The van der Waals surface area contributed by atoms with Crippen molar-refractivity contribution in [1.29, 1.82) is 0 Å². The van der Waals surface area contributed by atoms with E-state index in [9.17, 15) is 19.2 Å². The highest BCUT2D eigenvalue weighted by molar-refractivity contribution is 6.33. The Kier molecular flexibility index (Phi) is 12.9. The zero-order chi connectivity index (χ0) is 42.2. The number of ether oxygens (including phenoxy) is 6. The topological polar surface area (TPSA) is 173 Å². The van der Waals surface area contributed by atoms with Gasteiger partial charge in [-0.2, -0.15) is 0 Å². The molecule has 2 aliphatic heterocycles. The van der Waals surface area contributed by atoms with Crippen LogP contribution in [0.15, 0.2) is 85.1 Å². The molecule has 312 valence electrons. The Morgan fingerprint density at radius 1 is 0.733 bits per heavy atom. The van der Waals surface area contributed by atoms with Crippen LogP contribution >= 0.6 is 0 Å². The van der Waals surface area contributed by atoms with Gasteiger partial charge in [-0.15, -0.1) is 5.10 Å². The van der Waals surface area contributed by atoms with Crippen LogP contribution in [0.2, 0.25) is 0 Å². The SMILES string of the molecule is CN(C)c1ccc2c(c1)Oc1cc(N(C)C)ccc1C21OC(=O)c2cc(C(=O)NCCOCCOCCOCCOCc3cn(-c4ccc(C(=O)C=O)cc4)nn3)ccc21. The number of aromatic nitrogens is 3. The zero-order valence-corrected chi connectivity index (χ0v) is 33.8.